The van der Waals surface area contributed by atoms with Crippen LogP contribution in [0, 0.1) is 40.3 Å². The smallest absolute Gasteiger partial charge is 1.00 e. The third kappa shape index (κ3) is 50.1. The van der Waals surface area contributed by atoms with E-state index in [4.69, 9.17) is 158 Å². The van der Waals surface area contributed by atoms with Gasteiger partial charge < -0.3 is 84.1 Å². The van der Waals surface area contributed by atoms with E-state index in [9.17, 15) is 33.3 Å². The van der Waals surface area contributed by atoms with Gasteiger partial charge in [-0.05, 0) is 94.0 Å². The van der Waals surface area contributed by atoms with Gasteiger partial charge in [0.15, 0.2) is 34.3 Å². The Hall–Kier alpha value is -3.01. The molecule has 5 aromatic rings. The second-order valence-corrected chi connectivity index (χ2v) is 25.8. The summed E-state index contributed by atoms with van der Waals surface area (Å²) in [4.78, 5) is 89.7. The molecular weight excluding hydrogens is 1710 g/mol. The molecule has 0 radical (unpaired) electrons. The Kier molecular flexibility index (Phi) is 68.6. The minimum absolute atomic E-state index is 0. The summed E-state index contributed by atoms with van der Waals surface area (Å²) in [5, 5.41) is 35.6. The van der Waals surface area contributed by atoms with Crippen LogP contribution in [-0.2, 0) is 47.5 Å². The van der Waals surface area contributed by atoms with Gasteiger partial charge in [0.2, 0.25) is 3.79 Å². The first-order valence-corrected chi connectivity index (χ1v) is 31.2. The number of nitrogen functional groups attached to an aromatic ring is 4. The van der Waals surface area contributed by atoms with Crippen LogP contribution in [0.15, 0.2) is 40.6 Å². The number of carbonyl (C=O) groups excluding carboxylic acids is 6. The van der Waals surface area contributed by atoms with Crippen molar-refractivity contribution >= 4 is 191 Å². The largest absolute Gasteiger partial charge is 1.00 e. The van der Waals surface area contributed by atoms with Gasteiger partial charge in [-0.15, -0.1) is 10.2 Å². The molecule has 0 aromatic carbocycles. The van der Waals surface area contributed by atoms with Gasteiger partial charge >= 0.3 is 179 Å². The predicted octanol–water partition coefficient (Wildman–Crippen LogP) is 1.41. The molecule has 0 aliphatic carbocycles. The number of alkyl halides is 6. The van der Waals surface area contributed by atoms with Gasteiger partial charge in [-0.3, -0.25) is 19.3 Å². The maximum absolute atomic E-state index is 11.6. The zero-order chi connectivity index (χ0) is 71.1. The number of nitrogens with one attached hydrogen (secondary N) is 4. The number of aromatic amines is 2. The maximum Gasteiger partial charge on any atom is 1.00 e. The Labute approximate surface area is 701 Å². The monoisotopic (exact) mass is 1770 g/mol. The van der Waals surface area contributed by atoms with Crippen molar-refractivity contribution in [2.75, 3.05) is 82.1 Å². The molecule has 0 aliphatic heterocycles. The first kappa shape index (κ1) is 106. The summed E-state index contributed by atoms with van der Waals surface area (Å²) < 4.78 is 31.8. The number of hydrogen-bond acceptors (Lipinski definition) is 29. The number of ether oxygens (including phenoxy) is 5. The first-order valence-electron chi connectivity index (χ1n) is 24.2. The van der Waals surface area contributed by atoms with Crippen LogP contribution in [0.2, 0.25) is 5.15 Å². The van der Waals surface area contributed by atoms with Crippen molar-refractivity contribution in [1.29, 1.82) is 21.6 Å². The van der Waals surface area contributed by atoms with E-state index < -0.39 is 53.9 Å². The number of rotatable bonds is 14. The molecule has 0 bridgehead atoms. The van der Waals surface area contributed by atoms with Crippen LogP contribution in [0.3, 0.4) is 0 Å². The normalized spacial score (nSPS) is 9.82. The number of nitriles is 2. The molecule has 0 unspecified atom stereocenters. The fraction of sp³-hybridized carbons (Fsp3) is 0.422. The summed E-state index contributed by atoms with van der Waals surface area (Å²) >= 11 is 50.4. The first-order chi connectivity index (χ1) is 41.9. The predicted molar refractivity (Wildman–Crippen MR) is 344 cm³/mol. The molecule has 5 heterocycles. The molecule has 48 heteroatoms. The van der Waals surface area contributed by atoms with Crippen LogP contribution in [-0.4, -0.2) is 153 Å². The second-order valence-electron chi connectivity index (χ2n) is 14.3. The number of esters is 5. The minimum Gasteiger partial charge on any atom is -1.00 e. The third-order valence-corrected chi connectivity index (χ3v) is 9.55. The fourth-order valence-electron chi connectivity index (χ4n) is 4.99. The molecule has 0 saturated carbocycles. The molecule has 0 saturated heterocycles. The van der Waals surface area contributed by atoms with E-state index in [1.165, 1.54) is 53.1 Å². The Bertz CT molecular complexity index is 3270. The van der Waals surface area contributed by atoms with E-state index in [1.54, 1.807) is 46.9 Å². The number of allylic oxidation sites excluding steroid dienone is 1. The average Bonchev–Trinajstić information content (AvgIpc) is 1.67. The van der Waals surface area contributed by atoms with E-state index >= 15 is 0 Å². The standard InChI is InChI=1S/C9H9ClN4O2.C9H10N4O3.C7H7Cl3N2O2.C6H10N4O2.C6H15N.C5H7NO2.C2Cl3N.CH2O3.Cl3OP.2Cs.H2N2.H2O.H2.H/c1-2-16-9(15)6-7(11)13-14-4-3-5(10)12-8(6)14;1-2-16-9(15)6-7(10)12-13-4-3-5(14)11-8(6)13;1-2-14-6(13)4(3-11)5(12)7(8,9)10;1-2-12-6(11)3-4(7)9-10-5(3)8;1-4-7(5-2)6-3;1-3-8-5(7)4-6-2;3-2(4,5)1-6;2-1-4-3;1-5(2,3)4;;;1-2;;;/h3-4H,2H2,1H3,(H2,11,13);3-4H,2H2,1H3,(H2,10,12)(H,11,14);2,12H2,1H3;2H2,1H3,(H5,7,8,9,10);4-6H2,1-3H3;3-4H2,1H3;;1,3H;;;;1-2H;1H2;1H;/q;;;;;;;;;2*+1;;;;-1/p-1/b;;5-4-;;;;;;;;;;;;. The van der Waals surface area contributed by atoms with Gasteiger partial charge in [0.05, 0.1) is 38.7 Å². The molecule has 5 aromatic heterocycles. The number of nitrogens with zero attached hydrogens (tertiary/aromatic N) is 10. The summed E-state index contributed by atoms with van der Waals surface area (Å²) in [6.07, 6.45) is 3.00. The van der Waals surface area contributed by atoms with Gasteiger partial charge in [0.25, 0.3) is 15.8 Å². The number of fused-ring (bicyclic) bond motifs is 2. The number of nitrogens with two attached hydrogens (primary N) is 5. The van der Waals surface area contributed by atoms with Gasteiger partial charge in [0.1, 0.15) is 39.8 Å². The van der Waals surface area contributed by atoms with Gasteiger partial charge in [-0.1, -0.05) is 102 Å². The molecule has 5 rings (SSSR count). The zero-order valence-corrected chi connectivity index (χ0v) is 72.0. The van der Waals surface area contributed by atoms with E-state index in [0.29, 0.717) is 12.3 Å². The van der Waals surface area contributed by atoms with Crippen molar-refractivity contribution in [3.05, 3.63) is 79.4 Å². The second kappa shape index (κ2) is 60.2. The van der Waals surface area contributed by atoms with Gasteiger partial charge in [-0.2, -0.15) is 15.6 Å². The van der Waals surface area contributed by atoms with Crippen molar-refractivity contribution in [2.24, 2.45) is 5.73 Å². The molecule has 0 spiro atoms. The molecule has 93 heavy (non-hydrogen) atoms. The summed E-state index contributed by atoms with van der Waals surface area (Å²) in [7, 11) is 0. The van der Waals surface area contributed by atoms with Crippen molar-refractivity contribution in [3.8, 4) is 12.1 Å². The Balaban J connectivity index is -0.000000109. The molecule has 0 aliphatic rings. The number of hydrogen-bond donors (Lipinski definition) is 9. The van der Waals surface area contributed by atoms with Crippen LogP contribution in [0.4, 0.5) is 23.3 Å². The van der Waals surface area contributed by atoms with Gasteiger partial charge in [0, 0.05) is 19.9 Å². The summed E-state index contributed by atoms with van der Waals surface area (Å²) in [5.74, 6) is -2.75. The molecule has 0 fully saturated rings. The Morgan fingerprint density at radius 3 is 1.53 bits per heavy atom. The topological polar surface area (TPSA) is 571 Å². The quantitative estimate of drug-likeness (QED) is 0.00617. The summed E-state index contributed by atoms with van der Waals surface area (Å²) in [5.41, 5.74) is 36.8. The van der Waals surface area contributed by atoms with E-state index in [2.05, 4.69) is 114 Å². The fourth-order valence-corrected chi connectivity index (χ4v) is 5.41. The zero-order valence-electron chi connectivity index (χ0n) is 52.0. The third-order valence-electron chi connectivity index (χ3n) is 8.47. The number of aromatic nitrogens is 8. The van der Waals surface area contributed by atoms with Crippen molar-refractivity contribution < 1.29 is 213 Å². The maximum atomic E-state index is 11.6. The van der Waals surface area contributed by atoms with E-state index in [0.717, 1.165) is 0 Å². The summed E-state index contributed by atoms with van der Waals surface area (Å²) in [6, 6.07) is 5.76. The van der Waals surface area contributed by atoms with Crippen molar-refractivity contribution in [2.45, 2.75) is 63.0 Å². The SMILES string of the molecule is CCN(CC)CC.CCOC(=O)/C(C#N)=C(\N)C(Cl)(Cl)Cl.CCOC(=O)c1c(N)n[nH]c1N.CCOC(=O)c1c(N)nn2ccc(=O)[nH]c12.CCOC(=O)c1c(N)nn2ccc(Cl)nc12.N#CC(Cl)(Cl)Cl.N=N.O.O=CO[O-].O=P(Cl)(Cl)Cl.[C-]#[N+]CC(=O)OCC.[Cs+].[Cs+].[H-].[HH]. The van der Waals surface area contributed by atoms with Crippen LogP contribution in [0.25, 0.3) is 16.1 Å². The van der Waals surface area contributed by atoms with Crippen LogP contribution >= 0.6 is 120 Å². The van der Waals surface area contributed by atoms with E-state index in [1.807, 2.05) is 0 Å². The molecule has 0 amide bonds. The Morgan fingerprint density at radius 1 is 0.785 bits per heavy atom. The van der Waals surface area contributed by atoms with Crippen LogP contribution < -0.4 is 177 Å². The number of H-pyrrole nitrogens is 2. The van der Waals surface area contributed by atoms with Gasteiger partial charge in [-0.25, -0.2) is 55.6 Å². The number of carbonyl (C=O) groups is 6. The minimum atomic E-state index is -3.22. The molecule has 16 N–H and O–H groups in total. The van der Waals surface area contributed by atoms with Crippen molar-refractivity contribution in [1.82, 2.24) is 44.3 Å². The van der Waals surface area contributed by atoms with E-state index in [-0.39, 0.29) is 242 Å². The molecule has 35 nitrogen and oxygen atoms in total. The molecular formula is C45H66Cl10Cs2N19O16P. The molecule has 0 atom stereocenters. The Morgan fingerprint density at radius 2 is 1.18 bits per heavy atom. The average molecular weight is 1780 g/mol. The molecule has 514 valence electrons. The van der Waals surface area contributed by atoms with Crippen molar-refractivity contribution in [3.63, 3.8) is 0 Å². The number of anilines is 4. The number of halogens is 10. The van der Waals surface area contributed by atoms with Crippen LogP contribution in [0.1, 0.15) is 89.3 Å². The van der Waals surface area contributed by atoms with Crippen LogP contribution in [0.5, 0.6) is 0 Å². The summed E-state index contributed by atoms with van der Waals surface area (Å²) in [6.45, 7) is 25.6.